The van der Waals surface area contributed by atoms with Crippen LogP contribution < -0.4 is 5.32 Å². The Morgan fingerprint density at radius 3 is 2.67 bits per heavy atom. The maximum atomic E-state index is 13.0. The van der Waals surface area contributed by atoms with Crippen molar-refractivity contribution in [2.75, 3.05) is 6.54 Å². The maximum Gasteiger partial charge on any atom is 0.254 e. The Labute approximate surface area is 159 Å². The van der Waals surface area contributed by atoms with E-state index in [1.165, 1.54) is 6.08 Å². The molecule has 1 aromatic carbocycles. The van der Waals surface area contributed by atoms with E-state index in [-0.39, 0.29) is 17.9 Å². The number of nitrogens with one attached hydrogen (secondary N) is 1. The van der Waals surface area contributed by atoms with E-state index >= 15 is 0 Å². The van der Waals surface area contributed by atoms with Crippen molar-refractivity contribution in [2.45, 2.75) is 45.8 Å². The Kier molecular flexibility index (Phi) is 5.74. The highest BCUT2D eigenvalue weighted by Gasteiger charge is 2.30. The predicted molar refractivity (Wildman–Crippen MR) is 104 cm³/mol. The molecule has 0 spiro atoms. The molecule has 0 bridgehead atoms. The van der Waals surface area contributed by atoms with Crippen LogP contribution in [-0.2, 0) is 17.9 Å². The summed E-state index contributed by atoms with van der Waals surface area (Å²) in [5, 5.41) is 7.26. The minimum Gasteiger partial charge on any atom is -0.348 e. The third-order valence-corrected chi connectivity index (χ3v) is 4.98. The van der Waals surface area contributed by atoms with E-state index in [4.69, 9.17) is 0 Å². The van der Waals surface area contributed by atoms with E-state index in [1.807, 2.05) is 47.7 Å². The molecule has 0 aliphatic carbocycles. The molecule has 1 N–H and O–H groups in total. The molecule has 1 atom stereocenters. The van der Waals surface area contributed by atoms with Crippen LogP contribution in [0.3, 0.4) is 0 Å². The van der Waals surface area contributed by atoms with Gasteiger partial charge in [-0.1, -0.05) is 18.7 Å². The molecule has 1 fully saturated rings. The molecule has 2 aromatic rings. The first kappa shape index (κ1) is 18.9. The minimum absolute atomic E-state index is 0.0562. The second kappa shape index (κ2) is 8.20. The Hall–Kier alpha value is -2.89. The van der Waals surface area contributed by atoms with Crippen LogP contribution in [0.5, 0.6) is 0 Å². The van der Waals surface area contributed by atoms with E-state index in [2.05, 4.69) is 23.1 Å². The second-order valence-corrected chi connectivity index (χ2v) is 7.02. The van der Waals surface area contributed by atoms with Crippen molar-refractivity contribution < 1.29 is 9.59 Å². The fourth-order valence-electron chi connectivity index (χ4n) is 3.54. The third kappa shape index (κ3) is 4.45. The molecule has 2 amide bonds. The zero-order chi connectivity index (χ0) is 19.4. The van der Waals surface area contributed by atoms with Gasteiger partial charge in [0.25, 0.3) is 5.91 Å². The van der Waals surface area contributed by atoms with Gasteiger partial charge in [0.2, 0.25) is 5.91 Å². The lowest BCUT2D eigenvalue weighted by molar-refractivity contribution is -0.116. The summed E-state index contributed by atoms with van der Waals surface area (Å²) in [5.74, 6) is -0.153. The second-order valence-electron chi connectivity index (χ2n) is 7.02. The quantitative estimate of drug-likeness (QED) is 0.799. The summed E-state index contributed by atoms with van der Waals surface area (Å²) in [6.07, 6.45) is 3.26. The molecule has 0 saturated carbocycles. The Bertz CT molecular complexity index is 838. The molecule has 142 valence electrons. The average Bonchev–Trinajstić information content (AvgIpc) is 3.25. The summed E-state index contributed by atoms with van der Waals surface area (Å²) in [5.41, 5.74) is 3.75. The van der Waals surface area contributed by atoms with Crippen LogP contribution in [0, 0.1) is 13.8 Å². The summed E-state index contributed by atoms with van der Waals surface area (Å²) in [7, 11) is 0. The summed E-state index contributed by atoms with van der Waals surface area (Å²) >= 11 is 0. The van der Waals surface area contributed by atoms with E-state index in [1.54, 1.807) is 0 Å². The van der Waals surface area contributed by atoms with Gasteiger partial charge in [-0.2, -0.15) is 5.10 Å². The van der Waals surface area contributed by atoms with Crippen LogP contribution >= 0.6 is 0 Å². The van der Waals surface area contributed by atoms with Gasteiger partial charge in [-0.25, -0.2) is 0 Å². The number of rotatable bonds is 6. The van der Waals surface area contributed by atoms with Gasteiger partial charge in [-0.15, -0.1) is 0 Å². The minimum atomic E-state index is -0.209. The highest BCUT2D eigenvalue weighted by Crippen LogP contribution is 2.22. The first-order valence-electron chi connectivity index (χ1n) is 9.29. The predicted octanol–water partition coefficient (Wildman–Crippen LogP) is 2.61. The van der Waals surface area contributed by atoms with Crippen molar-refractivity contribution in [3.05, 3.63) is 65.5 Å². The largest absolute Gasteiger partial charge is 0.348 e. The monoisotopic (exact) mass is 366 g/mol. The molecule has 6 nitrogen and oxygen atoms in total. The molecular weight excluding hydrogens is 340 g/mol. The number of hydrogen-bond donors (Lipinski definition) is 1. The van der Waals surface area contributed by atoms with Gasteiger partial charge in [0, 0.05) is 24.3 Å². The van der Waals surface area contributed by atoms with Crippen molar-refractivity contribution in [1.82, 2.24) is 20.0 Å². The van der Waals surface area contributed by atoms with Gasteiger partial charge in [-0.3, -0.25) is 14.3 Å². The number of aromatic nitrogens is 2. The topological polar surface area (TPSA) is 67.2 Å². The lowest BCUT2D eigenvalue weighted by atomic mass is 10.1. The summed E-state index contributed by atoms with van der Waals surface area (Å²) in [6, 6.07) is 9.64. The van der Waals surface area contributed by atoms with Crippen LogP contribution in [0.4, 0.5) is 0 Å². The molecule has 1 aliphatic rings. The number of nitrogens with zero attached hydrogens (tertiary/aromatic N) is 3. The van der Waals surface area contributed by atoms with Gasteiger partial charge in [-0.05, 0) is 56.5 Å². The maximum absolute atomic E-state index is 13.0. The highest BCUT2D eigenvalue weighted by molar-refractivity contribution is 5.94. The third-order valence-electron chi connectivity index (χ3n) is 4.98. The van der Waals surface area contributed by atoms with Crippen LogP contribution in [0.1, 0.15) is 40.2 Å². The van der Waals surface area contributed by atoms with Crippen LogP contribution in [0.2, 0.25) is 0 Å². The zero-order valence-electron chi connectivity index (χ0n) is 15.9. The summed E-state index contributed by atoms with van der Waals surface area (Å²) in [4.78, 5) is 26.2. The van der Waals surface area contributed by atoms with E-state index in [9.17, 15) is 9.59 Å². The SMILES string of the molecule is C=CC(=O)NCc1ccc(C(=O)N2CCCC2Cn2nc(C)cc2C)cc1. The first-order chi connectivity index (χ1) is 13.0. The number of carbonyl (C=O) groups is 2. The molecular formula is C21H26N4O2. The lowest BCUT2D eigenvalue weighted by Crippen LogP contribution is -2.38. The van der Waals surface area contributed by atoms with Gasteiger partial charge in [0.1, 0.15) is 0 Å². The number of likely N-dealkylation sites (tertiary alicyclic amines) is 1. The van der Waals surface area contributed by atoms with E-state index in [0.717, 1.165) is 42.9 Å². The van der Waals surface area contributed by atoms with E-state index < -0.39 is 0 Å². The first-order valence-corrected chi connectivity index (χ1v) is 9.29. The number of carbonyl (C=O) groups excluding carboxylic acids is 2. The van der Waals surface area contributed by atoms with Gasteiger partial charge in [0.05, 0.1) is 18.3 Å². The number of benzene rings is 1. The average molecular weight is 366 g/mol. The fraction of sp³-hybridized carbons (Fsp3) is 0.381. The van der Waals surface area contributed by atoms with Gasteiger partial charge >= 0.3 is 0 Å². The fourth-order valence-corrected chi connectivity index (χ4v) is 3.54. The smallest absolute Gasteiger partial charge is 0.254 e. The molecule has 0 radical (unpaired) electrons. The molecule has 1 saturated heterocycles. The molecule has 1 aromatic heterocycles. The molecule has 6 heteroatoms. The van der Waals surface area contributed by atoms with Crippen LogP contribution in [0.25, 0.3) is 0 Å². The lowest BCUT2D eigenvalue weighted by Gasteiger charge is -2.25. The van der Waals surface area contributed by atoms with Crippen molar-refractivity contribution in [3.8, 4) is 0 Å². The number of hydrogen-bond acceptors (Lipinski definition) is 3. The molecule has 1 aliphatic heterocycles. The molecule has 2 heterocycles. The van der Waals surface area contributed by atoms with Crippen molar-refractivity contribution in [1.29, 1.82) is 0 Å². The van der Waals surface area contributed by atoms with Crippen molar-refractivity contribution in [3.63, 3.8) is 0 Å². The summed E-state index contributed by atoms with van der Waals surface area (Å²) < 4.78 is 2.00. The van der Waals surface area contributed by atoms with Crippen molar-refractivity contribution >= 4 is 11.8 Å². The number of amides is 2. The Morgan fingerprint density at radius 2 is 2.04 bits per heavy atom. The number of aryl methyl sites for hydroxylation is 2. The summed E-state index contributed by atoms with van der Waals surface area (Å²) in [6.45, 7) is 9.39. The van der Waals surface area contributed by atoms with Gasteiger partial charge in [0.15, 0.2) is 0 Å². The van der Waals surface area contributed by atoms with Crippen LogP contribution in [0.15, 0.2) is 43.0 Å². The van der Waals surface area contributed by atoms with E-state index in [0.29, 0.717) is 12.1 Å². The van der Waals surface area contributed by atoms with Crippen LogP contribution in [-0.4, -0.2) is 39.1 Å². The molecule has 1 unspecified atom stereocenters. The Balaban J connectivity index is 1.66. The normalized spacial score (nSPS) is 16.4. The zero-order valence-corrected chi connectivity index (χ0v) is 15.9. The standard InChI is InChI=1S/C21H26N4O2/c1-4-20(26)22-13-17-7-9-18(10-8-17)21(27)24-11-5-6-19(24)14-25-16(3)12-15(2)23-25/h4,7-10,12,19H,1,5-6,11,13-14H2,2-3H3,(H,22,26). The highest BCUT2D eigenvalue weighted by atomic mass is 16.2. The molecule has 27 heavy (non-hydrogen) atoms. The molecule has 3 rings (SSSR count). The van der Waals surface area contributed by atoms with Gasteiger partial charge < -0.3 is 10.2 Å². The Morgan fingerprint density at radius 1 is 1.30 bits per heavy atom. The van der Waals surface area contributed by atoms with Crippen molar-refractivity contribution in [2.24, 2.45) is 0 Å².